The molecular weight excluding hydrogens is 169 g/mol. The van der Waals surface area contributed by atoms with Gasteiger partial charge >= 0.3 is 0 Å². The van der Waals surface area contributed by atoms with Gasteiger partial charge < -0.3 is 10.4 Å². The average molecular weight is 183 g/mol. The molecule has 1 aromatic rings. The maximum absolute atomic E-state index is 13.3. The van der Waals surface area contributed by atoms with Gasteiger partial charge in [-0.1, -0.05) is 18.2 Å². The summed E-state index contributed by atoms with van der Waals surface area (Å²) in [5, 5.41) is 12.0. The minimum Gasteiger partial charge on any atom is -0.394 e. The fraction of sp³-hybridized carbons (Fsp3) is 0.400. The SMILES string of the molecule is CNC(C)(CO)c1ccccc1F. The van der Waals surface area contributed by atoms with E-state index in [1.54, 1.807) is 32.2 Å². The first-order valence-corrected chi connectivity index (χ1v) is 4.19. The quantitative estimate of drug-likeness (QED) is 0.739. The van der Waals surface area contributed by atoms with Crippen LogP contribution in [0, 0.1) is 5.82 Å². The molecule has 0 bridgehead atoms. The van der Waals surface area contributed by atoms with E-state index in [-0.39, 0.29) is 12.4 Å². The molecule has 0 spiro atoms. The first-order chi connectivity index (χ1) is 6.14. The van der Waals surface area contributed by atoms with E-state index in [2.05, 4.69) is 5.32 Å². The van der Waals surface area contributed by atoms with Crippen LogP contribution in [-0.2, 0) is 5.54 Å². The van der Waals surface area contributed by atoms with Crippen molar-refractivity contribution in [2.24, 2.45) is 0 Å². The Morgan fingerprint density at radius 1 is 1.46 bits per heavy atom. The lowest BCUT2D eigenvalue weighted by molar-refractivity contribution is 0.180. The molecule has 2 N–H and O–H groups in total. The molecule has 1 aromatic carbocycles. The van der Waals surface area contributed by atoms with E-state index >= 15 is 0 Å². The molecule has 2 nitrogen and oxygen atoms in total. The summed E-state index contributed by atoms with van der Waals surface area (Å²) in [5.41, 5.74) is -0.217. The summed E-state index contributed by atoms with van der Waals surface area (Å²) in [7, 11) is 1.70. The van der Waals surface area contributed by atoms with Crippen LogP contribution >= 0.6 is 0 Å². The summed E-state index contributed by atoms with van der Waals surface area (Å²) >= 11 is 0. The zero-order valence-corrected chi connectivity index (χ0v) is 7.84. The minimum atomic E-state index is -0.703. The summed E-state index contributed by atoms with van der Waals surface area (Å²) < 4.78 is 13.3. The van der Waals surface area contributed by atoms with Gasteiger partial charge in [-0.05, 0) is 20.0 Å². The minimum absolute atomic E-state index is 0.134. The number of hydrogen-bond donors (Lipinski definition) is 2. The van der Waals surface area contributed by atoms with Crippen molar-refractivity contribution >= 4 is 0 Å². The van der Waals surface area contributed by atoms with Crippen LogP contribution < -0.4 is 5.32 Å². The van der Waals surface area contributed by atoms with Crippen LogP contribution in [0.5, 0.6) is 0 Å². The van der Waals surface area contributed by atoms with Crippen LogP contribution in [0.25, 0.3) is 0 Å². The summed E-state index contributed by atoms with van der Waals surface area (Å²) in [5.74, 6) is -0.298. The fourth-order valence-corrected chi connectivity index (χ4v) is 1.21. The van der Waals surface area contributed by atoms with Gasteiger partial charge in [-0.2, -0.15) is 0 Å². The third-order valence-corrected chi connectivity index (χ3v) is 2.34. The first-order valence-electron chi connectivity index (χ1n) is 4.19. The fourth-order valence-electron chi connectivity index (χ4n) is 1.21. The van der Waals surface area contributed by atoms with E-state index in [1.165, 1.54) is 6.07 Å². The molecule has 0 amide bonds. The van der Waals surface area contributed by atoms with Crippen molar-refractivity contribution in [3.63, 3.8) is 0 Å². The summed E-state index contributed by atoms with van der Waals surface area (Å²) in [6, 6.07) is 6.44. The van der Waals surface area contributed by atoms with E-state index in [1.807, 2.05) is 0 Å². The number of likely N-dealkylation sites (N-methyl/N-ethyl adjacent to an activating group) is 1. The lowest BCUT2D eigenvalue weighted by Crippen LogP contribution is -2.41. The predicted octanol–water partition coefficient (Wildman–Crippen LogP) is 1.25. The largest absolute Gasteiger partial charge is 0.394 e. The van der Waals surface area contributed by atoms with Gasteiger partial charge in [-0.3, -0.25) is 0 Å². The van der Waals surface area contributed by atoms with E-state index in [4.69, 9.17) is 5.11 Å². The number of aliphatic hydroxyl groups is 1. The molecule has 0 aliphatic heterocycles. The van der Waals surface area contributed by atoms with Crippen LogP contribution in [0.1, 0.15) is 12.5 Å². The highest BCUT2D eigenvalue weighted by molar-refractivity contribution is 5.25. The van der Waals surface area contributed by atoms with Gasteiger partial charge in [0.25, 0.3) is 0 Å². The highest BCUT2D eigenvalue weighted by Crippen LogP contribution is 2.22. The molecular formula is C10H14FNO. The van der Waals surface area contributed by atoms with E-state index < -0.39 is 5.54 Å². The standard InChI is InChI=1S/C10H14FNO/c1-10(7-13,12-2)8-5-3-4-6-9(8)11/h3-6,12-13H,7H2,1-2H3. The Balaban J connectivity index is 3.12. The monoisotopic (exact) mass is 183 g/mol. The Bertz CT molecular complexity index is 284. The Hall–Kier alpha value is -0.930. The van der Waals surface area contributed by atoms with Crippen molar-refractivity contribution in [3.05, 3.63) is 35.6 Å². The molecule has 0 radical (unpaired) electrons. The Kier molecular flexibility index (Phi) is 3.01. The van der Waals surface area contributed by atoms with Crippen molar-refractivity contribution < 1.29 is 9.50 Å². The Labute approximate surface area is 77.4 Å². The second-order valence-electron chi connectivity index (χ2n) is 3.22. The lowest BCUT2D eigenvalue weighted by atomic mass is 9.93. The van der Waals surface area contributed by atoms with Gasteiger partial charge in [0.05, 0.1) is 12.1 Å². The van der Waals surface area contributed by atoms with Crippen LogP contribution in [0.3, 0.4) is 0 Å². The number of nitrogens with one attached hydrogen (secondary N) is 1. The highest BCUT2D eigenvalue weighted by atomic mass is 19.1. The van der Waals surface area contributed by atoms with Crippen molar-refractivity contribution in [1.82, 2.24) is 5.32 Å². The summed E-state index contributed by atoms with van der Waals surface area (Å²) in [6.07, 6.45) is 0. The molecule has 3 heteroatoms. The molecule has 0 aromatic heterocycles. The third-order valence-electron chi connectivity index (χ3n) is 2.34. The van der Waals surface area contributed by atoms with Gasteiger partial charge in [0.1, 0.15) is 5.82 Å². The van der Waals surface area contributed by atoms with Crippen molar-refractivity contribution in [2.75, 3.05) is 13.7 Å². The third kappa shape index (κ3) is 1.87. The molecule has 0 aliphatic carbocycles. The average Bonchev–Trinajstić information content (AvgIpc) is 2.17. The van der Waals surface area contributed by atoms with Gasteiger partial charge in [-0.25, -0.2) is 4.39 Å². The van der Waals surface area contributed by atoms with Crippen LogP contribution in [-0.4, -0.2) is 18.8 Å². The highest BCUT2D eigenvalue weighted by Gasteiger charge is 2.26. The van der Waals surface area contributed by atoms with Gasteiger partial charge in [0.15, 0.2) is 0 Å². The molecule has 0 saturated heterocycles. The number of aliphatic hydroxyl groups excluding tert-OH is 1. The number of halogens is 1. The molecule has 0 saturated carbocycles. The first kappa shape index (κ1) is 10.2. The topological polar surface area (TPSA) is 32.3 Å². The van der Waals surface area contributed by atoms with E-state index in [0.717, 1.165) is 0 Å². The van der Waals surface area contributed by atoms with Crippen molar-refractivity contribution in [2.45, 2.75) is 12.5 Å². The maximum atomic E-state index is 13.3. The predicted molar refractivity (Wildman–Crippen MR) is 49.9 cm³/mol. The zero-order valence-electron chi connectivity index (χ0n) is 7.84. The lowest BCUT2D eigenvalue weighted by Gasteiger charge is -2.27. The number of hydrogen-bond acceptors (Lipinski definition) is 2. The van der Waals surface area contributed by atoms with Crippen molar-refractivity contribution in [3.8, 4) is 0 Å². The van der Waals surface area contributed by atoms with Crippen LogP contribution in [0.2, 0.25) is 0 Å². The summed E-state index contributed by atoms with van der Waals surface area (Å²) in [4.78, 5) is 0. The van der Waals surface area contributed by atoms with E-state index in [0.29, 0.717) is 5.56 Å². The number of rotatable bonds is 3. The Morgan fingerprint density at radius 2 is 2.08 bits per heavy atom. The van der Waals surface area contributed by atoms with Crippen LogP contribution in [0.15, 0.2) is 24.3 Å². The molecule has 1 atom stereocenters. The van der Waals surface area contributed by atoms with Gasteiger partial charge in [-0.15, -0.1) is 0 Å². The molecule has 0 heterocycles. The zero-order chi connectivity index (χ0) is 9.90. The van der Waals surface area contributed by atoms with E-state index in [9.17, 15) is 4.39 Å². The molecule has 13 heavy (non-hydrogen) atoms. The number of benzene rings is 1. The van der Waals surface area contributed by atoms with Crippen LogP contribution in [0.4, 0.5) is 4.39 Å². The second kappa shape index (κ2) is 3.85. The molecule has 0 aliphatic rings. The molecule has 0 fully saturated rings. The van der Waals surface area contributed by atoms with Gasteiger partial charge in [0.2, 0.25) is 0 Å². The normalized spacial score (nSPS) is 15.4. The maximum Gasteiger partial charge on any atom is 0.128 e. The smallest absolute Gasteiger partial charge is 0.128 e. The molecule has 72 valence electrons. The summed E-state index contributed by atoms with van der Waals surface area (Å²) in [6.45, 7) is 1.62. The second-order valence-corrected chi connectivity index (χ2v) is 3.22. The Morgan fingerprint density at radius 3 is 2.54 bits per heavy atom. The molecule has 1 unspecified atom stereocenters. The molecule has 1 rings (SSSR count). The van der Waals surface area contributed by atoms with Crippen molar-refractivity contribution in [1.29, 1.82) is 0 Å². The van der Waals surface area contributed by atoms with Gasteiger partial charge in [0, 0.05) is 5.56 Å².